The molecule has 0 saturated carbocycles. The van der Waals surface area contributed by atoms with Gasteiger partial charge < -0.3 is 19.3 Å². The SMILES string of the molecule is COc1cc(C)c(S(=O)(=O)N2CCCCC2COc2ccnc(N3CCC(CCN4CCCC4)CC3)n2)c(C)c1. The number of benzene rings is 1. The number of nitrogens with zero attached hydrogens (tertiary/aromatic N) is 5. The van der Waals surface area contributed by atoms with Gasteiger partial charge >= 0.3 is 0 Å². The predicted molar refractivity (Wildman–Crippen MR) is 157 cm³/mol. The molecule has 3 fully saturated rings. The Morgan fingerprint density at radius 3 is 2.35 bits per heavy atom. The van der Waals surface area contributed by atoms with Crippen LogP contribution in [0.1, 0.15) is 62.5 Å². The highest BCUT2D eigenvalue weighted by molar-refractivity contribution is 7.89. The lowest BCUT2D eigenvalue weighted by molar-refractivity contribution is 0.165. The number of hydrogen-bond acceptors (Lipinski definition) is 8. The Bertz CT molecular complexity index is 1220. The lowest BCUT2D eigenvalue weighted by Gasteiger charge is -2.35. The predicted octanol–water partition coefficient (Wildman–Crippen LogP) is 4.43. The normalized spacial score (nSPS) is 21.6. The standard InChI is InChI=1S/C30H45N5O4S/c1-23-20-27(38-3)21-24(2)29(23)40(36,37)35-16-5-4-8-26(35)22-39-28-9-13-31-30(32-28)34-18-11-25(12-19-34)10-17-33-14-6-7-15-33/h9,13,20-21,25-26H,4-8,10-12,14-19,22H2,1-3H3. The number of likely N-dealkylation sites (tertiary alicyclic amines) is 1. The van der Waals surface area contributed by atoms with Crippen LogP contribution >= 0.6 is 0 Å². The van der Waals surface area contributed by atoms with Crippen LogP contribution in [0.15, 0.2) is 29.3 Å². The van der Waals surface area contributed by atoms with Gasteiger partial charge in [-0.1, -0.05) is 6.42 Å². The van der Waals surface area contributed by atoms with Gasteiger partial charge in [-0.2, -0.15) is 9.29 Å². The first-order valence-electron chi connectivity index (χ1n) is 15.0. The Morgan fingerprint density at radius 2 is 1.65 bits per heavy atom. The fourth-order valence-electron chi connectivity index (χ4n) is 6.55. The summed E-state index contributed by atoms with van der Waals surface area (Å²) in [5, 5.41) is 0. The zero-order valence-electron chi connectivity index (χ0n) is 24.3. The molecule has 2 aromatic rings. The van der Waals surface area contributed by atoms with Gasteiger partial charge in [-0.15, -0.1) is 0 Å². The Morgan fingerprint density at radius 1 is 0.950 bits per heavy atom. The average Bonchev–Trinajstić information content (AvgIpc) is 3.49. The number of piperidine rings is 2. The fraction of sp³-hybridized carbons (Fsp3) is 0.667. The van der Waals surface area contributed by atoms with E-state index in [1.54, 1.807) is 35.8 Å². The number of aryl methyl sites for hydroxylation is 2. The van der Waals surface area contributed by atoms with Gasteiger partial charge in [0, 0.05) is 31.9 Å². The van der Waals surface area contributed by atoms with Crippen molar-refractivity contribution in [2.75, 3.05) is 57.9 Å². The fourth-order valence-corrected chi connectivity index (χ4v) is 8.64. The maximum atomic E-state index is 13.9. The Balaban J connectivity index is 1.19. The molecule has 3 aliphatic rings. The Kier molecular flexibility index (Phi) is 9.48. The summed E-state index contributed by atoms with van der Waals surface area (Å²) in [6, 6.07) is 5.10. The molecule has 3 saturated heterocycles. The molecular weight excluding hydrogens is 526 g/mol. The van der Waals surface area contributed by atoms with E-state index in [1.165, 1.54) is 51.7 Å². The van der Waals surface area contributed by atoms with E-state index >= 15 is 0 Å². The third kappa shape index (κ3) is 6.71. The summed E-state index contributed by atoms with van der Waals surface area (Å²) < 4.78 is 40.8. The second kappa shape index (κ2) is 13.0. The lowest BCUT2D eigenvalue weighted by atomic mass is 9.93. The smallest absolute Gasteiger partial charge is 0.243 e. The second-order valence-corrected chi connectivity index (χ2v) is 13.5. The molecule has 40 heavy (non-hydrogen) atoms. The van der Waals surface area contributed by atoms with Crippen molar-refractivity contribution in [1.82, 2.24) is 19.2 Å². The molecule has 1 aromatic heterocycles. The molecule has 4 heterocycles. The highest BCUT2D eigenvalue weighted by Crippen LogP contribution is 2.32. The lowest BCUT2D eigenvalue weighted by Crippen LogP contribution is -2.47. The van der Waals surface area contributed by atoms with Crippen molar-refractivity contribution in [3.05, 3.63) is 35.5 Å². The van der Waals surface area contributed by atoms with Crippen molar-refractivity contribution >= 4 is 16.0 Å². The zero-order valence-corrected chi connectivity index (χ0v) is 25.2. The van der Waals surface area contributed by atoms with Gasteiger partial charge in [0.1, 0.15) is 12.4 Å². The van der Waals surface area contributed by atoms with Crippen molar-refractivity contribution in [3.63, 3.8) is 0 Å². The van der Waals surface area contributed by atoms with Crippen molar-refractivity contribution in [3.8, 4) is 11.6 Å². The molecule has 220 valence electrons. The van der Waals surface area contributed by atoms with E-state index in [9.17, 15) is 8.42 Å². The van der Waals surface area contributed by atoms with E-state index in [2.05, 4.69) is 14.8 Å². The summed E-state index contributed by atoms with van der Waals surface area (Å²) in [6.45, 7) is 10.1. The molecule has 1 aromatic carbocycles. The highest BCUT2D eigenvalue weighted by Gasteiger charge is 2.36. The summed E-state index contributed by atoms with van der Waals surface area (Å²) in [4.78, 5) is 14.5. The summed E-state index contributed by atoms with van der Waals surface area (Å²) in [5.41, 5.74) is 1.39. The third-order valence-corrected chi connectivity index (χ3v) is 11.1. The molecule has 0 N–H and O–H groups in total. The molecule has 0 spiro atoms. The number of methoxy groups -OCH3 is 1. The van der Waals surface area contributed by atoms with E-state index in [4.69, 9.17) is 14.5 Å². The van der Waals surface area contributed by atoms with E-state index in [0.29, 0.717) is 40.1 Å². The summed E-state index contributed by atoms with van der Waals surface area (Å²) >= 11 is 0. The summed E-state index contributed by atoms with van der Waals surface area (Å²) in [6.07, 6.45) is 10.7. The zero-order chi connectivity index (χ0) is 28.1. The molecule has 1 atom stereocenters. The molecule has 0 amide bonds. The first kappa shape index (κ1) is 29.1. The monoisotopic (exact) mass is 571 g/mol. The Hall–Kier alpha value is -2.43. The number of ether oxygens (including phenoxy) is 2. The maximum Gasteiger partial charge on any atom is 0.243 e. The van der Waals surface area contributed by atoms with Gasteiger partial charge in [0.15, 0.2) is 0 Å². The van der Waals surface area contributed by atoms with E-state index < -0.39 is 10.0 Å². The second-order valence-electron chi connectivity index (χ2n) is 11.6. The number of sulfonamides is 1. The Labute approximate surface area is 239 Å². The molecule has 10 heteroatoms. The minimum atomic E-state index is -3.69. The van der Waals surface area contributed by atoms with E-state index in [1.807, 2.05) is 13.8 Å². The maximum absolute atomic E-state index is 13.9. The topological polar surface area (TPSA) is 88.1 Å². The molecule has 0 aliphatic carbocycles. The van der Waals surface area contributed by atoms with E-state index in [0.717, 1.165) is 38.3 Å². The van der Waals surface area contributed by atoms with Gasteiger partial charge in [-0.25, -0.2) is 13.4 Å². The van der Waals surface area contributed by atoms with Crippen LogP contribution in [-0.2, 0) is 10.0 Å². The van der Waals surface area contributed by atoms with Crippen LogP contribution in [0, 0.1) is 19.8 Å². The molecule has 3 aliphatic heterocycles. The van der Waals surface area contributed by atoms with Crippen LogP contribution in [-0.4, -0.2) is 86.6 Å². The van der Waals surface area contributed by atoms with Crippen LogP contribution in [0.5, 0.6) is 11.6 Å². The summed E-state index contributed by atoms with van der Waals surface area (Å²) in [7, 11) is -2.09. The van der Waals surface area contributed by atoms with Crippen LogP contribution in [0.3, 0.4) is 0 Å². The minimum Gasteiger partial charge on any atom is -0.497 e. The quantitative estimate of drug-likeness (QED) is 0.414. The average molecular weight is 572 g/mol. The molecule has 9 nitrogen and oxygen atoms in total. The van der Waals surface area contributed by atoms with Crippen molar-refractivity contribution in [2.45, 2.75) is 76.2 Å². The molecular formula is C30H45N5O4S. The highest BCUT2D eigenvalue weighted by atomic mass is 32.2. The van der Waals surface area contributed by atoms with Gasteiger partial charge in [0.05, 0.1) is 18.0 Å². The molecule has 0 bridgehead atoms. The third-order valence-electron chi connectivity index (χ3n) is 8.80. The first-order chi connectivity index (χ1) is 19.3. The molecule has 0 radical (unpaired) electrons. The van der Waals surface area contributed by atoms with Gasteiger partial charge in [0.25, 0.3) is 0 Å². The van der Waals surface area contributed by atoms with Crippen LogP contribution in [0.25, 0.3) is 0 Å². The van der Waals surface area contributed by atoms with Gasteiger partial charge in [0.2, 0.25) is 21.9 Å². The molecule has 5 rings (SSSR count). The van der Waals surface area contributed by atoms with Crippen LogP contribution in [0.2, 0.25) is 0 Å². The summed E-state index contributed by atoms with van der Waals surface area (Å²) in [5.74, 6) is 2.64. The number of aromatic nitrogens is 2. The van der Waals surface area contributed by atoms with Gasteiger partial charge in [-0.3, -0.25) is 0 Å². The van der Waals surface area contributed by atoms with Crippen molar-refractivity contribution in [2.24, 2.45) is 5.92 Å². The van der Waals surface area contributed by atoms with Crippen molar-refractivity contribution in [1.29, 1.82) is 0 Å². The van der Waals surface area contributed by atoms with Gasteiger partial charge in [-0.05, 0) is 108 Å². The number of hydrogen-bond donors (Lipinski definition) is 0. The van der Waals surface area contributed by atoms with Crippen molar-refractivity contribution < 1.29 is 17.9 Å². The molecule has 1 unspecified atom stereocenters. The minimum absolute atomic E-state index is 0.246. The number of anilines is 1. The first-order valence-corrected chi connectivity index (χ1v) is 16.4. The van der Waals surface area contributed by atoms with Crippen LogP contribution in [0.4, 0.5) is 5.95 Å². The van der Waals surface area contributed by atoms with E-state index in [-0.39, 0.29) is 12.6 Å². The van der Waals surface area contributed by atoms with Crippen LogP contribution < -0.4 is 14.4 Å². The number of rotatable bonds is 10. The largest absolute Gasteiger partial charge is 0.497 e.